The Morgan fingerprint density at radius 3 is 2.52 bits per heavy atom. The number of nitrogens with zero attached hydrogens (tertiary/aromatic N) is 3. The lowest BCUT2D eigenvalue weighted by atomic mass is 9.86. The average Bonchev–Trinajstić information content (AvgIpc) is 3.29. The van der Waals surface area contributed by atoms with Gasteiger partial charge in [0.15, 0.2) is 0 Å². The molecule has 0 radical (unpaired) electrons. The molecule has 1 atom stereocenters. The summed E-state index contributed by atoms with van der Waals surface area (Å²) in [5.74, 6) is 2.03. The lowest BCUT2D eigenvalue weighted by molar-refractivity contribution is -0.137. The van der Waals surface area contributed by atoms with Crippen LogP contribution in [0.25, 0.3) is 0 Å². The summed E-state index contributed by atoms with van der Waals surface area (Å²) >= 11 is 0. The van der Waals surface area contributed by atoms with E-state index in [9.17, 15) is 9.59 Å². The van der Waals surface area contributed by atoms with Crippen LogP contribution in [0.3, 0.4) is 0 Å². The van der Waals surface area contributed by atoms with Crippen LogP contribution in [-0.4, -0.2) is 44.8 Å². The smallest absolute Gasteiger partial charge is 0.255 e. The number of fused-ring (bicyclic) bond motifs is 1. The quantitative estimate of drug-likeness (QED) is 0.795. The number of nitrogens with one attached hydrogen (secondary N) is 1. The molecule has 1 amide bonds. The predicted octanol–water partition coefficient (Wildman–Crippen LogP) is 3.95. The van der Waals surface area contributed by atoms with E-state index in [-0.39, 0.29) is 17.5 Å². The summed E-state index contributed by atoms with van der Waals surface area (Å²) in [5.41, 5.74) is 1.85. The van der Waals surface area contributed by atoms with Gasteiger partial charge in [-0.2, -0.15) is 0 Å². The van der Waals surface area contributed by atoms with Gasteiger partial charge < -0.3 is 9.88 Å². The lowest BCUT2D eigenvalue weighted by Crippen LogP contribution is -2.44. The summed E-state index contributed by atoms with van der Waals surface area (Å²) < 4.78 is 0. The van der Waals surface area contributed by atoms with E-state index >= 15 is 0 Å². The van der Waals surface area contributed by atoms with Crippen LogP contribution in [-0.2, 0) is 17.8 Å². The topological polar surface area (TPSA) is 69.3 Å². The molecule has 6 heteroatoms. The van der Waals surface area contributed by atoms with Gasteiger partial charge in [-0.1, -0.05) is 26.2 Å². The maximum absolute atomic E-state index is 13.2. The van der Waals surface area contributed by atoms with Gasteiger partial charge in [0, 0.05) is 38.0 Å². The summed E-state index contributed by atoms with van der Waals surface area (Å²) in [4.78, 5) is 38.9. The summed E-state index contributed by atoms with van der Waals surface area (Å²) in [6, 6.07) is 0.562. The van der Waals surface area contributed by atoms with E-state index in [0.29, 0.717) is 11.9 Å². The summed E-state index contributed by atoms with van der Waals surface area (Å²) in [6.07, 6.45) is 13.5. The minimum absolute atomic E-state index is 0.0193. The third-order valence-corrected chi connectivity index (χ3v) is 8.42. The van der Waals surface area contributed by atoms with Gasteiger partial charge >= 0.3 is 0 Å². The van der Waals surface area contributed by atoms with Gasteiger partial charge in [0.25, 0.3) is 5.56 Å². The van der Waals surface area contributed by atoms with E-state index in [2.05, 4.69) is 16.8 Å². The number of aromatic amines is 1. The molecule has 4 aliphatic rings. The molecule has 1 unspecified atom stereocenters. The van der Waals surface area contributed by atoms with Crippen molar-refractivity contribution in [2.75, 3.05) is 13.1 Å². The molecule has 3 heterocycles. The second-order valence-corrected chi connectivity index (χ2v) is 10.5. The Balaban J connectivity index is 1.32. The maximum Gasteiger partial charge on any atom is 0.255 e. The maximum atomic E-state index is 13.2. The Kier molecular flexibility index (Phi) is 6.18. The summed E-state index contributed by atoms with van der Waals surface area (Å²) in [6.45, 7) is 4.88. The number of likely N-dealkylation sites (tertiary alicyclic amines) is 1. The third-order valence-electron chi connectivity index (χ3n) is 8.42. The first-order valence-corrected chi connectivity index (χ1v) is 12.8. The molecule has 0 spiro atoms. The monoisotopic (exact) mass is 426 g/mol. The number of rotatable bonds is 3. The molecule has 2 aliphatic heterocycles. The molecule has 1 N–H and O–H groups in total. The van der Waals surface area contributed by atoms with E-state index in [0.717, 1.165) is 74.7 Å². The van der Waals surface area contributed by atoms with Crippen molar-refractivity contribution in [1.82, 2.24) is 19.8 Å². The number of carbonyl (C=O) groups excluding carboxylic acids is 1. The fraction of sp³-hybridized carbons (Fsp3) is 0.800. The van der Waals surface area contributed by atoms with Gasteiger partial charge in [0.05, 0.1) is 17.3 Å². The molecule has 0 bridgehead atoms. The molecule has 2 saturated carbocycles. The number of hydrogen-bond acceptors (Lipinski definition) is 4. The fourth-order valence-corrected chi connectivity index (χ4v) is 6.44. The number of aromatic nitrogens is 2. The molecule has 170 valence electrons. The lowest BCUT2D eigenvalue weighted by Gasteiger charge is -2.38. The molecular formula is C25H38N4O2. The third kappa shape index (κ3) is 4.33. The molecule has 31 heavy (non-hydrogen) atoms. The largest absolute Gasteiger partial charge is 0.332 e. The van der Waals surface area contributed by atoms with Gasteiger partial charge in [-0.05, 0) is 57.3 Å². The second kappa shape index (κ2) is 9.05. The van der Waals surface area contributed by atoms with Gasteiger partial charge in [0.2, 0.25) is 5.91 Å². The molecule has 1 aromatic rings. The SMILES string of the molecule is CC1CCC(N2CCc3nc(C4CCCN4C(=O)C4CCCCC4)[nH]c(=O)c3C2)CC1. The molecule has 6 nitrogen and oxygen atoms in total. The number of carbonyl (C=O) groups is 1. The molecule has 1 aromatic heterocycles. The standard InChI is InChI=1S/C25H38N4O2/c1-17-9-11-19(12-10-17)28-15-13-21-20(16-28)24(30)27-23(26-21)22-8-5-14-29(22)25(31)18-6-3-2-4-7-18/h17-19,22H,2-16H2,1H3,(H,26,27,30). The van der Waals surface area contributed by atoms with Gasteiger partial charge in [-0.25, -0.2) is 4.98 Å². The predicted molar refractivity (Wildman–Crippen MR) is 121 cm³/mol. The first kappa shape index (κ1) is 21.2. The highest BCUT2D eigenvalue weighted by Crippen LogP contribution is 2.35. The van der Waals surface area contributed by atoms with Crippen molar-refractivity contribution >= 4 is 5.91 Å². The van der Waals surface area contributed by atoms with Crippen LogP contribution >= 0.6 is 0 Å². The zero-order chi connectivity index (χ0) is 21.4. The first-order chi connectivity index (χ1) is 15.1. The number of hydrogen-bond donors (Lipinski definition) is 1. The average molecular weight is 427 g/mol. The van der Waals surface area contributed by atoms with E-state index in [4.69, 9.17) is 4.98 Å². The second-order valence-electron chi connectivity index (χ2n) is 10.5. The van der Waals surface area contributed by atoms with E-state index in [1.54, 1.807) is 0 Å². The highest BCUT2D eigenvalue weighted by atomic mass is 16.2. The van der Waals surface area contributed by atoms with Crippen LogP contribution < -0.4 is 5.56 Å². The number of H-pyrrole nitrogens is 1. The van der Waals surface area contributed by atoms with Crippen molar-refractivity contribution in [1.29, 1.82) is 0 Å². The molecule has 2 aliphatic carbocycles. The van der Waals surface area contributed by atoms with Crippen molar-refractivity contribution in [3.63, 3.8) is 0 Å². The van der Waals surface area contributed by atoms with Crippen LogP contribution in [0, 0.1) is 11.8 Å². The Hall–Kier alpha value is -1.69. The van der Waals surface area contributed by atoms with E-state index in [1.165, 1.54) is 44.9 Å². The van der Waals surface area contributed by atoms with Crippen LogP contribution in [0.15, 0.2) is 4.79 Å². The normalized spacial score (nSPS) is 30.4. The van der Waals surface area contributed by atoms with Crippen LogP contribution in [0.1, 0.15) is 101 Å². The van der Waals surface area contributed by atoms with Gasteiger partial charge in [0.1, 0.15) is 5.82 Å². The van der Waals surface area contributed by atoms with E-state index < -0.39 is 0 Å². The van der Waals surface area contributed by atoms with Crippen molar-refractivity contribution in [3.8, 4) is 0 Å². The first-order valence-electron chi connectivity index (χ1n) is 12.8. The highest BCUT2D eigenvalue weighted by Gasteiger charge is 2.37. The summed E-state index contributed by atoms with van der Waals surface area (Å²) in [7, 11) is 0. The molecule has 3 fully saturated rings. The Morgan fingerprint density at radius 2 is 1.74 bits per heavy atom. The van der Waals surface area contributed by atoms with Gasteiger partial charge in [-0.15, -0.1) is 0 Å². The van der Waals surface area contributed by atoms with Crippen molar-refractivity contribution in [3.05, 3.63) is 27.4 Å². The molecular weight excluding hydrogens is 388 g/mol. The van der Waals surface area contributed by atoms with Crippen molar-refractivity contribution in [2.45, 2.75) is 103 Å². The highest BCUT2D eigenvalue weighted by molar-refractivity contribution is 5.79. The van der Waals surface area contributed by atoms with Crippen LogP contribution in [0.2, 0.25) is 0 Å². The van der Waals surface area contributed by atoms with Crippen LogP contribution in [0.4, 0.5) is 0 Å². The molecule has 1 saturated heterocycles. The Bertz CT molecular complexity index is 852. The molecule has 5 rings (SSSR count). The minimum Gasteiger partial charge on any atom is -0.332 e. The van der Waals surface area contributed by atoms with Gasteiger partial charge in [-0.3, -0.25) is 14.5 Å². The van der Waals surface area contributed by atoms with E-state index in [1.807, 2.05) is 4.90 Å². The zero-order valence-electron chi connectivity index (χ0n) is 19.1. The Labute approximate surface area is 185 Å². The number of amides is 1. The fourth-order valence-electron chi connectivity index (χ4n) is 6.44. The van der Waals surface area contributed by atoms with Crippen molar-refractivity contribution < 1.29 is 4.79 Å². The summed E-state index contributed by atoms with van der Waals surface area (Å²) in [5, 5.41) is 0. The van der Waals surface area contributed by atoms with Crippen molar-refractivity contribution in [2.24, 2.45) is 11.8 Å². The zero-order valence-corrected chi connectivity index (χ0v) is 19.1. The minimum atomic E-state index is -0.0507. The Morgan fingerprint density at radius 1 is 0.968 bits per heavy atom. The van der Waals surface area contributed by atoms with Crippen LogP contribution in [0.5, 0.6) is 0 Å². The molecule has 0 aromatic carbocycles.